The first-order valence-corrected chi connectivity index (χ1v) is 7.58. The van der Waals surface area contributed by atoms with Crippen LogP contribution in [0.15, 0.2) is 4.99 Å². The van der Waals surface area contributed by atoms with Crippen LogP contribution in [0.25, 0.3) is 0 Å². The van der Waals surface area contributed by atoms with Gasteiger partial charge >= 0.3 is 0 Å². The van der Waals surface area contributed by atoms with E-state index in [4.69, 9.17) is 9.47 Å². The standard InChI is InChI=1S/C14H30N4O2/c1-4-18(3)9-8-17-14(15-2)16-7-5-10-20-13-6-11-19-12-13/h13H,4-12H2,1-3H3,(H2,15,16,17). The Morgan fingerprint density at radius 2 is 2.20 bits per heavy atom. The summed E-state index contributed by atoms with van der Waals surface area (Å²) in [6.07, 6.45) is 2.31. The summed E-state index contributed by atoms with van der Waals surface area (Å²) in [5.41, 5.74) is 0. The molecule has 0 bridgehead atoms. The van der Waals surface area contributed by atoms with Gasteiger partial charge in [0.05, 0.1) is 12.7 Å². The number of likely N-dealkylation sites (N-methyl/N-ethyl adjacent to an activating group) is 1. The fraction of sp³-hybridized carbons (Fsp3) is 0.929. The number of nitrogens with zero attached hydrogens (tertiary/aromatic N) is 2. The average Bonchev–Trinajstić information content (AvgIpc) is 2.98. The molecule has 0 saturated carbocycles. The summed E-state index contributed by atoms with van der Waals surface area (Å²) in [5, 5.41) is 6.60. The molecule has 20 heavy (non-hydrogen) atoms. The second kappa shape index (κ2) is 10.9. The molecule has 0 amide bonds. The number of hydrogen-bond acceptors (Lipinski definition) is 4. The van der Waals surface area contributed by atoms with Gasteiger partial charge in [0.25, 0.3) is 0 Å². The smallest absolute Gasteiger partial charge is 0.191 e. The summed E-state index contributed by atoms with van der Waals surface area (Å²) in [6, 6.07) is 0. The van der Waals surface area contributed by atoms with Crippen LogP contribution < -0.4 is 10.6 Å². The highest BCUT2D eigenvalue weighted by Crippen LogP contribution is 2.07. The topological polar surface area (TPSA) is 58.1 Å². The largest absolute Gasteiger partial charge is 0.379 e. The van der Waals surface area contributed by atoms with E-state index in [1.54, 1.807) is 7.05 Å². The zero-order valence-electron chi connectivity index (χ0n) is 13.2. The van der Waals surface area contributed by atoms with Crippen LogP contribution in [-0.2, 0) is 9.47 Å². The number of guanidine groups is 1. The lowest BCUT2D eigenvalue weighted by Crippen LogP contribution is -2.41. The second-order valence-corrected chi connectivity index (χ2v) is 5.03. The molecule has 1 aliphatic heterocycles. The van der Waals surface area contributed by atoms with Crippen molar-refractivity contribution < 1.29 is 9.47 Å². The van der Waals surface area contributed by atoms with E-state index in [0.29, 0.717) is 6.10 Å². The van der Waals surface area contributed by atoms with E-state index in [9.17, 15) is 0 Å². The van der Waals surface area contributed by atoms with Crippen molar-refractivity contribution in [2.24, 2.45) is 4.99 Å². The van der Waals surface area contributed by atoms with E-state index in [1.807, 2.05) is 0 Å². The van der Waals surface area contributed by atoms with Crippen molar-refractivity contribution in [1.82, 2.24) is 15.5 Å². The Bertz CT molecular complexity index is 268. The fourth-order valence-electron chi connectivity index (χ4n) is 1.92. The Morgan fingerprint density at radius 3 is 2.85 bits per heavy atom. The van der Waals surface area contributed by atoms with Crippen LogP contribution in [0.2, 0.25) is 0 Å². The first-order chi connectivity index (χ1) is 9.76. The molecule has 1 atom stereocenters. The van der Waals surface area contributed by atoms with E-state index in [-0.39, 0.29) is 0 Å². The summed E-state index contributed by atoms with van der Waals surface area (Å²) in [6.45, 7) is 8.38. The molecule has 118 valence electrons. The van der Waals surface area contributed by atoms with E-state index < -0.39 is 0 Å². The Hall–Kier alpha value is -0.850. The van der Waals surface area contributed by atoms with Gasteiger partial charge in [0.2, 0.25) is 0 Å². The van der Waals surface area contributed by atoms with Crippen molar-refractivity contribution in [2.75, 3.05) is 60.1 Å². The third-order valence-electron chi connectivity index (χ3n) is 3.40. The summed E-state index contributed by atoms with van der Waals surface area (Å²) < 4.78 is 11.0. The van der Waals surface area contributed by atoms with Crippen LogP contribution in [0.4, 0.5) is 0 Å². The zero-order chi connectivity index (χ0) is 14.6. The highest BCUT2D eigenvalue weighted by Gasteiger charge is 2.15. The lowest BCUT2D eigenvalue weighted by atomic mass is 10.3. The first kappa shape index (κ1) is 17.2. The van der Waals surface area contributed by atoms with Crippen LogP contribution in [0.1, 0.15) is 19.8 Å². The van der Waals surface area contributed by atoms with Crippen LogP contribution in [0.5, 0.6) is 0 Å². The van der Waals surface area contributed by atoms with Gasteiger partial charge < -0.3 is 25.0 Å². The van der Waals surface area contributed by atoms with Gasteiger partial charge in [-0.05, 0) is 26.4 Å². The van der Waals surface area contributed by atoms with Crippen molar-refractivity contribution in [3.05, 3.63) is 0 Å². The molecule has 2 N–H and O–H groups in total. The van der Waals surface area contributed by atoms with E-state index in [2.05, 4.69) is 34.5 Å². The highest BCUT2D eigenvalue weighted by molar-refractivity contribution is 5.79. The monoisotopic (exact) mass is 286 g/mol. The first-order valence-electron chi connectivity index (χ1n) is 7.58. The number of ether oxygens (including phenoxy) is 2. The Morgan fingerprint density at radius 1 is 1.40 bits per heavy atom. The minimum Gasteiger partial charge on any atom is -0.379 e. The lowest BCUT2D eigenvalue weighted by Gasteiger charge is -2.16. The lowest BCUT2D eigenvalue weighted by molar-refractivity contribution is 0.0420. The van der Waals surface area contributed by atoms with Gasteiger partial charge in [-0.3, -0.25) is 4.99 Å². The molecule has 0 radical (unpaired) electrons. The molecule has 0 aromatic heterocycles. The average molecular weight is 286 g/mol. The zero-order valence-corrected chi connectivity index (χ0v) is 13.2. The number of hydrogen-bond donors (Lipinski definition) is 2. The van der Waals surface area contributed by atoms with E-state index >= 15 is 0 Å². The molecule has 6 heteroatoms. The molecular weight excluding hydrogens is 256 g/mol. The van der Waals surface area contributed by atoms with E-state index in [0.717, 1.165) is 64.8 Å². The Labute approximate surface area is 122 Å². The quantitative estimate of drug-likeness (QED) is 0.363. The van der Waals surface area contributed by atoms with Gasteiger partial charge in [-0.15, -0.1) is 0 Å². The summed E-state index contributed by atoms with van der Waals surface area (Å²) >= 11 is 0. The molecule has 0 spiro atoms. The molecule has 1 rings (SSSR count). The molecule has 1 saturated heterocycles. The molecule has 1 aliphatic rings. The maximum atomic E-state index is 5.71. The maximum absolute atomic E-state index is 5.71. The van der Waals surface area contributed by atoms with Crippen molar-refractivity contribution in [2.45, 2.75) is 25.9 Å². The van der Waals surface area contributed by atoms with Crippen molar-refractivity contribution >= 4 is 5.96 Å². The minimum absolute atomic E-state index is 0.303. The third-order valence-corrected chi connectivity index (χ3v) is 3.40. The summed E-state index contributed by atoms with van der Waals surface area (Å²) in [7, 11) is 3.91. The SMILES string of the molecule is CCN(C)CCNC(=NC)NCCCOC1CCOC1. The second-order valence-electron chi connectivity index (χ2n) is 5.03. The highest BCUT2D eigenvalue weighted by atomic mass is 16.5. The molecule has 0 aromatic rings. The Balaban J connectivity index is 1.97. The number of aliphatic imine (C=N–C) groups is 1. The van der Waals surface area contributed by atoms with Gasteiger partial charge in [-0.25, -0.2) is 0 Å². The van der Waals surface area contributed by atoms with Gasteiger partial charge in [-0.1, -0.05) is 6.92 Å². The van der Waals surface area contributed by atoms with Gasteiger partial charge in [0.1, 0.15) is 0 Å². The van der Waals surface area contributed by atoms with Gasteiger partial charge in [0.15, 0.2) is 5.96 Å². The van der Waals surface area contributed by atoms with Gasteiger partial charge in [-0.2, -0.15) is 0 Å². The van der Waals surface area contributed by atoms with Crippen LogP contribution >= 0.6 is 0 Å². The maximum Gasteiger partial charge on any atom is 0.191 e. The predicted molar refractivity (Wildman–Crippen MR) is 82.3 cm³/mol. The fourth-order valence-corrected chi connectivity index (χ4v) is 1.92. The molecule has 6 nitrogen and oxygen atoms in total. The molecule has 0 aromatic carbocycles. The van der Waals surface area contributed by atoms with Crippen molar-refractivity contribution in [3.8, 4) is 0 Å². The van der Waals surface area contributed by atoms with Crippen LogP contribution in [0.3, 0.4) is 0 Å². The Kier molecular flexibility index (Phi) is 9.36. The van der Waals surface area contributed by atoms with E-state index in [1.165, 1.54) is 0 Å². The van der Waals surface area contributed by atoms with Crippen LogP contribution in [0, 0.1) is 0 Å². The molecule has 1 heterocycles. The number of rotatable bonds is 9. The molecule has 0 aliphatic carbocycles. The molecule has 1 fully saturated rings. The van der Waals surface area contributed by atoms with Gasteiger partial charge in [0, 0.05) is 39.9 Å². The summed E-state index contributed by atoms with van der Waals surface area (Å²) in [4.78, 5) is 6.46. The van der Waals surface area contributed by atoms with Crippen molar-refractivity contribution in [1.29, 1.82) is 0 Å². The third kappa shape index (κ3) is 7.67. The van der Waals surface area contributed by atoms with Crippen LogP contribution in [-0.4, -0.2) is 77.1 Å². The minimum atomic E-state index is 0.303. The molecular formula is C14H30N4O2. The van der Waals surface area contributed by atoms with Crippen molar-refractivity contribution in [3.63, 3.8) is 0 Å². The normalized spacial score (nSPS) is 19.6. The predicted octanol–water partition coefficient (Wildman–Crippen LogP) is 0.299. The number of nitrogens with one attached hydrogen (secondary N) is 2. The molecule has 1 unspecified atom stereocenters. The summed E-state index contributed by atoms with van der Waals surface area (Å²) in [5.74, 6) is 0.860.